The van der Waals surface area contributed by atoms with E-state index in [0.717, 1.165) is 37.7 Å². The number of hydrogen-bond donors (Lipinski definition) is 1. The molecule has 7 nitrogen and oxygen atoms in total. The fraction of sp³-hybridized carbons (Fsp3) is 0.379. The Morgan fingerprint density at radius 1 is 1.06 bits per heavy atom. The lowest BCUT2D eigenvalue weighted by molar-refractivity contribution is -0.123. The SMILES string of the molecule is CCc1ccc(N(C(=O)c2ccoc2C)C(C(=O)NC2CCCC2)c2ccc(OC)cc2OC)cc1. The maximum Gasteiger partial charge on any atom is 0.262 e. The predicted molar refractivity (Wildman–Crippen MR) is 139 cm³/mol. The number of aryl methyl sites for hydroxylation is 2. The molecule has 1 aromatic heterocycles. The van der Waals surface area contributed by atoms with Crippen molar-refractivity contribution in [3.05, 3.63) is 77.2 Å². The molecule has 1 N–H and O–H groups in total. The first-order chi connectivity index (χ1) is 17.5. The first-order valence-electron chi connectivity index (χ1n) is 12.5. The van der Waals surface area contributed by atoms with Crippen molar-refractivity contribution >= 4 is 17.5 Å². The number of ether oxygens (including phenoxy) is 2. The van der Waals surface area contributed by atoms with Crippen LogP contribution in [-0.4, -0.2) is 32.1 Å². The van der Waals surface area contributed by atoms with Gasteiger partial charge in [-0.3, -0.25) is 14.5 Å². The molecule has 0 bridgehead atoms. The van der Waals surface area contributed by atoms with Crippen molar-refractivity contribution in [2.24, 2.45) is 0 Å². The van der Waals surface area contributed by atoms with Crippen LogP contribution in [0.4, 0.5) is 5.69 Å². The van der Waals surface area contributed by atoms with E-state index in [1.54, 1.807) is 50.3 Å². The molecular formula is C29H34N2O5. The molecule has 2 amide bonds. The van der Waals surface area contributed by atoms with Crippen molar-refractivity contribution in [3.8, 4) is 11.5 Å². The zero-order chi connectivity index (χ0) is 25.7. The molecule has 36 heavy (non-hydrogen) atoms. The number of furan rings is 1. The van der Waals surface area contributed by atoms with Gasteiger partial charge in [-0.2, -0.15) is 0 Å². The topological polar surface area (TPSA) is 81.0 Å². The van der Waals surface area contributed by atoms with Gasteiger partial charge < -0.3 is 19.2 Å². The summed E-state index contributed by atoms with van der Waals surface area (Å²) in [5.41, 5.74) is 2.73. The Kier molecular flexibility index (Phi) is 7.98. The number of nitrogens with one attached hydrogen (secondary N) is 1. The lowest BCUT2D eigenvalue weighted by atomic mass is 9.99. The van der Waals surface area contributed by atoms with Gasteiger partial charge in [0.2, 0.25) is 5.91 Å². The van der Waals surface area contributed by atoms with Gasteiger partial charge in [0.1, 0.15) is 23.3 Å². The molecule has 2 aromatic carbocycles. The van der Waals surface area contributed by atoms with Gasteiger partial charge in [-0.15, -0.1) is 0 Å². The van der Waals surface area contributed by atoms with E-state index in [-0.39, 0.29) is 17.9 Å². The Hall–Kier alpha value is -3.74. The Balaban J connectivity index is 1.88. The lowest BCUT2D eigenvalue weighted by Gasteiger charge is -2.33. The van der Waals surface area contributed by atoms with E-state index in [9.17, 15) is 9.59 Å². The smallest absolute Gasteiger partial charge is 0.262 e. The summed E-state index contributed by atoms with van der Waals surface area (Å²) in [6, 6.07) is 13.8. The van der Waals surface area contributed by atoms with Gasteiger partial charge in [-0.05, 0) is 62.1 Å². The fourth-order valence-electron chi connectivity index (χ4n) is 4.80. The van der Waals surface area contributed by atoms with E-state index in [1.165, 1.54) is 6.26 Å². The van der Waals surface area contributed by atoms with Crippen LogP contribution in [0.3, 0.4) is 0 Å². The van der Waals surface area contributed by atoms with Crippen molar-refractivity contribution in [1.29, 1.82) is 0 Å². The molecule has 0 radical (unpaired) electrons. The quantitative estimate of drug-likeness (QED) is 0.421. The second-order valence-corrected chi connectivity index (χ2v) is 9.09. The molecule has 0 saturated heterocycles. The van der Waals surface area contributed by atoms with Crippen molar-refractivity contribution in [3.63, 3.8) is 0 Å². The van der Waals surface area contributed by atoms with Crippen LogP contribution in [0.2, 0.25) is 0 Å². The third-order valence-electron chi connectivity index (χ3n) is 6.87. The van der Waals surface area contributed by atoms with Crippen molar-refractivity contribution in [1.82, 2.24) is 5.32 Å². The van der Waals surface area contributed by atoms with E-state index >= 15 is 0 Å². The molecule has 7 heteroatoms. The van der Waals surface area contributed by atoms with Crippen LogP contribution in [0, 0.1) is 6.92 Å². The van der Waals surface area contributed by atoms with Gasteiger partial charge in [-0.1, -0.05) is 31.9 Å². The van der Waals surface area contributed by atoms with Gasteiger partial charge in [0, 0.05) is 23.4 Å². The number of amides is 2. The van der Waals surface area contributed by atoms with E-state index < -0.39 is 6.04 Å². The lowest BCUT2D eigenvalue weighted by Crippen LogP contribution is -2.46. The van der Waals surface area contributed by atoms with E-state index in [0.29, 0.717) is 34.1 Å². The minimum absolute atomic E-state index is 0.0827. The number of nitrogens with zero attached hydrogens (tertiary/aromatic N) is 1. The summed E-state index contributed by atoms with van der Waals surface area (Å²) >= 11 is 0. The van der Waals surface area contributed by atoms with Gasteiger partial charge in [0.05, 0.1) is 26.0 Å². The zero-order valence-electron chi connectivity index (χ0n) is 21.4. The van der Waals surface area contributed by atoms with Gasteiger partial charge in [0.15, 0.2) is 0 Å². The van der Waals surface area contributed by atoms with Crippen LogP contribution >= 0.6 is 0 Å². The number of methoxy groups -OCH3 is 2. The summed E-state index contributed by atoms with van der Waals surface area (Å²) in [5.74, 6) is 0.982. The molecular weight excluding hydrogens is 456 g/mol. The second-order valence-electron chi connectivity index (χ2n) is 9.09. The highest BCUT2D eigenvalue weighted by Gasteiger charge is 2.37. The fourth-order valence-corrected chi connectivity index (χ4v) is 4.80. The normalized spacial score (nSPS) is 14.3. The summed E-state index contributed by atoms with van der Waals surface area (Å²) in [6.07, 6.45) is 6.37. The number of carbonyl (C=O) groups excluding carboxylic acids is 2. The number of rotatable bonds is 9. The van der Waals surface area contributed by atoms with E-state index in [2.05, 4.69) is 12.2 Å². The summed E-state index contributed by atoms with van der Waals surface area (Å²) < 4.78 is 16.5. The summed E-state index contributed by atoms with van der Waals surface area (Å²) in [5, 5.41) is 3.20. The first-order valence-corrected chi connectivity index (χ1v) is 12.5. The molecule has 4 rings (SSSR count). The van der Waals surface area contributed by atoms with Crippen molar-refractivity contribution < 1.29 is 23.5 Å². The largest absolute Gasteiger partial charge is 0.497 e. The monoisotopic (exact) mass is 490 g/mol. The van der Waals surface area contributed by atoms with Crippen LogP contribution in [0.25, 0.3) is 0 Å². The molecule has 1 saturated carbocycles. The Morgan fingerprint density at radius 2 is 1.78 bits per heavy atom. The first kappa shape index (κ1) is 25.4. The number of hydrogen-bond acceptors (Lipinski definition) is 5. The van der Waals surface area contributed by atoms with Crippen LogP contribution in [-0.2, 0) is 11.2 Å². The number of carbonyl (C=O) groups is 2. The minimum atomic E-state index is -0.972. The second kappa shape index (κ2) is 11.3. The average Bonchev–Trinajstić information content (AvgIpc) is 3.58. The minimum Gasteiger partial charge on any atom is -0.497 e. The third-order valence-corrected chi connectivity index (χ3v) is 6.87. The van der Waals surface area contributed by atoms with Gasteiger partial charge >= 0.3 is 0 Å². The maximum atomic E-state index is 14.1. The highest BCUT2D eigenvalue weighted by atomic mass is 16.5. The van der Waals surface area contributed by atoms with Crippen LogP contribution in [0.15, 0.2) is 59.2 Å². The standard InChI is InChI=1S/C29H34N2O5/c1-5-20-10-12-22(13-11-20)31(29(33)24-16-17-36-19(24)2)27(28(32)30-21-8-6-7-9-21)25-15-14-23(34-3)18-26(25)35-4/h10-18,21,27H,5-9H2,1-4H3,(H,30,32). The summed E-state index contributed by atoms with van der Waals surface area (Å²) in [6.45, 7) is 3.82. The average molecular weight is 491 g/mol. The third kappa shape index (κ3) is 5.25. The number of benzene rings is 2. The van der Waals surface area contributed by atoms with Crippen LogP contribution < -0.4 is 19.7 Å². The molecule has 3 aromatic rings. The predicted octanol–water partition coefficient (Wildman–Crippen LogP) is 5.61. The van der Waals surface area contributed by atoms with Crippen LogP contribution in [0.5, 0.6) is 11.5 Å². The summed E-state index contributed by atoms with van der Waals surface area (Å²) in [7, 11) is 3.12. The molecule has 0 spiro atoms. The van der Waals surface area contributed by atoms with E-state index in [1.807, 2.05) is 24.3 Å². The highest BCUT2D eigenvalue weighted by Crippen LogP contribution is 2.37. The molecule has 1 aliphatic carbocycles. The maximum absolute atomic E-state index is 14.1. The van der Waals surface area contributed by atoms with Gasteiger partial charge in [-0.25, -0.2) is 0 Å². The van der Waals surface area contributed by atoms with Crippen molar-refractivity contribution in [2.45, 2.75) is 58.0 Å². The Morgan fingerprint density at radius 3 is 2.36 bits per heavy atom. The summed E-state index contributed by atoms with van der Waals surface area (Å²) in [4.78, 5) is 29.6. The van der Waals surface area contributed by atoms with Crippen LogP contribution in [0.1, 0.15) is 65.9 Å². The van der Waals surface area contributed by atoms with E-state index in [4.69, 9.17) is 13.9 Å². The molecule has 1 fully saturated rings. The molecule has 190 valence electrons. The molecule has 1 aliphatic rings. The zero-order valence-corrected chi connectivity index (χ0v) is 21.4. The highest BCUT2D eigenvalue weighted by molar-refractivity contribution is 6.10. The Labute approximate surface area is 212 Å². The molecule has 0 aliphatic heterocycles. The number of anilines is 1. The van der Waals surface area contributed by atoms with Crippen molar-refractivity contribution in [2.75, 3.05) is 19.1 Å². The molecule has 1 unspecified atom stereocenters. The molecule has 1 atom stereocenters. The van der Waals surface area contributed by atoms with Gasteiger partial charge in [0.25, 0.3) is 5.91 Å². The Bertz CT molecular complexity index is 1190. The molecule has 1 heterocycles.